The van der Waals surface area contributed by atoms with Crippen molar-refractivity contribution in [3.05, 3.63) is 21.7 Å². The number of benzene rings is 1. The van der Waals surface area contributed by atoms with Gasteiger partial charge < -0.3 is 10.2 Å². The number of carbonyl (C=O) groups excluding carboxylic acids is 2. The van der Waals surface area contributed by atoms with Crippen LogP contribution >= 0.6 is 11.6 Å². The van der Waals surface area contributed by atoms with Crippen molar-refractivity contribution in [1.29, 1.82) is 0 Å². The van der Waals surface area contributed by atoms with E-state index in [0.29, 0.717) is 30.3 Å². The van der Waals surface area contributed by atoms with E-state index in [2.05, 4.69) is 4.94 Å². The Morgan fingerprint density at radius 2 is 1.52 bits per heavy atom. The molecular weight excluding hydrogens is 375 g/mol. The van der Waals surface area contributed by atoms with Gasteiger partial charge in [0.15, 0.2) is 6.29 Å². The predicted octanol–water partition coefficient (Wildman–Crippen LogP) is 5.74. The average Bonchev–Trinajstić information content (AvgIpc) is 2.66. The molecule has 0 radical (unpaired) electrons. The Morgan fingerprint density at radius 1 is 1.00 bits per heavy atom. The van der Waals surface area contributed by atoms with Crippen molar-refractivity contribution in [2.45, 2.75) is 77.6 Å². The highest BCUT2D eigenvalue weighted by atomic mass is 35.5. The molecule has 1 aromatic rings. The third-order valence-corrected chi connectivity index (χ3v) is 5.24. The number of carbonyl (C=O) groups is 2. The Balaban J connectivity index is 2.22. The molecule has 5 nitrogen and oxygen atoms in total. The number of unbranched alkanes of at least 4 members (excludes halogenated alkanes) is 8. The molecule has 152 valence electrons. The standard InChI is InChI=1S/C20H28ClFO5/c1-14-16(13-23)19(25)15(20(26)18(14)21)11-9-7-5-3-2-4-6-8-10-12-17(24)27-22/h13,25-26H,2-12H2,1H3. The zero-order valence-electron chi connectivity index (χ0n) is 15.7. The highest BCUT2D eigenvalue weighted by Gasteiger charge is 2.19. The first-order valence-corrected chi connectivity index (χ1v) is 9.81. The molecule has 0 saturated carbocycles. The highest BCUT2D eigenvalue weighted by molar-refractivity contribution is 6.33. The first-order chi connectivity index (χ1) is 12.9. The Kier molecular flexibility index (Phi) is 10.8. The number of phenols is 2. The number of rotatable bonds is 13. The lowest BCUT2D eigenvalue weighted by Gasteiger charge is -2.13. The number of hydrogen-bond acceptors (Lipinski definition) is 5. The summed E-state index contributed by atoms with van der Waals surface area (Å²) in [6.45, 7) is 1.59. The van der Waals surface area contributed by atoms with Crippen LogP contribution < -0.4 is 0 Å². The van der Waals surface area contributed by atoms with E-state index in [1.54, 1.807) is 6.92 Å². The third kappa shape index (κ3) is 7.37. The zero-order chi connectivity index (χ0) is 20.2. The lowest BCUT2D eigenvalue weighted by Crippen LogP contribution is -1.97. The highest BCUT2D eigenvalue weighted by Crippen LogP contribution is 2.40. The third-order valence-electron chi connectivity index (χ3n) is 4.78. The van der Waals surface area contributed by atoms with Crippen LogP contribution in [-0.2, 0) is 16.2 Å². The Labute approximate surface area is 164 Å². The molecule has 0 spiro atoms. The molecule has 0 aliphatic heterocycles. The summed E-state index contributed by atoms with van der Waals surface area (Å²) in [4.78, 5) is 24.8. The van der Waals surface area contributed by atoms with E-state index in [4.69, 9.17) is 11.6 Å². The normalized spacial score (nSPS) is 10.8. The van der Waals surface area contributed by atoms with Crippen LogP contribution in [0.25, 0.3) is 0 Å². The van der Waals surface area contributed by atoms with Crippen molar-refractivity contribution in [2.24, 2.45) is 0 Å². The van der Waals surface area contributed by atoms with Gasteiger partial charge >= 0.3 is 5.97 Å². The van der Waals surface area contributed by atoms with E-state index in [1.807, 2.05) is 0 Å². The second-order valence-electron chi connectivity index (χ2n) is 6.78. The van der Waals surface area contributed by atoms with Crippen LogP contribution in [0.15, 0.2) is 0 Å². The van der Waals surface area contributed by atoms with Crippen LogP contribution in [-0.4, -0.2) is 22.5 Å². The summed E-state index contributed by atoms with van der Waals surface area (Å²) in [6.07, 6.45) is 9.71. The van der Waals surface area contributed by atoms with E-state index < -0.39 is 5.97 Å². The second kappa shape index (κ2) is 12.5. The molecule has 0 unspecified atom stereocenters. The first kappa shape index (κ1) is 23.2. The summed E-state index contributed by atoms with van der Waals surface area (Å²) in [6, 6.07) is 0. The van der Waals surface area contributed by atoms with Gasteiger partial charge in [0.25, 0.3) is 0 Å². The van der Waals surface area contributed by atoms with Gasteiger partial charge in [-0.1, -0.05) is 56.5 Å². The fourth-order valence-corrected chi connectivity index (χ4v) is 3.32. The molecule has 1 rings (SSSR count). The molecule has 0 aliphatic carbocycles. The molecule has 0 fully saturated rings. The summed E-state index contributed by atoms with van der Waals surface area (Å²) in [7, 11) is 0. The van der Waals surface area contributed by atoms with E-state index in [0.717, 1.165) is 51.4 Å². The number of halogens is 2. The van der Waals surface area contributed by atoms with Gasteiger partial charge in [-0.2, -0.15) is 0 Å². The van der Waals surface area contributed by atoms with Gasteiger partial charge in [0.05, 0.1) is 10.6 Å². The molecule has 0 aliphatic rings. The maximum absolute atomic E-state index is 11.5. The zero-order valence-corrected chi connectivity index (χ0v) is 16.5. The van der Waals surface area contributed by atoms with E-state index in [9.17, 15) is 24.3 Å². The van der Waals surface area contributed by atoms with Crippen molar-refractivity contribution in [3.8, 4) is 11.5 Å². The lowest BCUT2D eigenvalue weighted by atomic mass is 9.97. The molecule has 0 bridgehead atoms. The van der Waals surface area contributed by atoms with Crippen molar-refractivity contribution in [2.75, 3.05) is 0 Å². The molecular formula is C20H28ClFO5. The summed E-state index contributed by atoms with van der Waals surface area (Å²) in [5.41, 5.74) is 0.846. The van der Waals surface area contributed by atoms with Gasteiger partial charge in [-0.3, -0.25) is 9.74 Å². The molecule has 0 atom stereocenters. The van der Waals surface area contributed by atoms with Gasteiger partial charge in [-0.25, -0.2) is 4.79 Å². The molecule has 7 heteroatoms. The number of hydrogen-bond donors (Lipinski definition) is 2. The fraction of sp³-hybridized carbons (Fsp3) is 0.600. The van der Waals surface area contributed by atoms with Crippen LogP contribution in [0, 0.1) is 6.92 Å². The summed E-state index contributed by atoms with van der Waals surface area (Å²) >= 11 is 6.03. The van der Waals surface area contributed by atoms with E-state index in [-0.39, 0.29) is 28.5 Å². The Bertz CT molecular complexity index is 634. The summed E-state index contributed by atoms with van der Waals surface area (Å²) in [5.74, 6) is -1.13. The fourth-order valence-electron chi connectivity index (χ4n) is 3.11. The van der Waals surface area contributed by atoms with Crippen LogP contribution in [0.5, 0.6) is 11.5 Å². The number of phenolic OH excluding ortho intramolecular Hbond substituents is 2. The van der Waals surface area contributed by atoms with Crippen molar-refractivity contribution < 1.29 is 29.3 Å². The predicted molar refractivity (Wildman–Crippen MR) is 102 cm³/mol. The molecule has 0 amide bonds. The minimum absolute atomic E-state index is 0.115. The molecule has 0 aromatic heterocycles. The van der Waals surface area contributed by atoms with Gasteiger partial charge in [0.2, 0.25) is 0 Å². The quantitative estimate of drug-likeness (QED) is 0.324. The van der Waals surface area contributed by atoms with Crippen LogP contribution in [0.4, 0.5) is 4.53 Å². The lowest BCUT2D eigenvalue weighted by molar-refractivity contribution is -0.183. The van der Waals surface area contributed by atoms with Gasteiger partial charge in [0, 0.05) is 16.5 Å². The van der Waals surface area contributed by atoms with Crippen LogP contribution in [0.1, 0.15) is 85.7 Å². The Hall–Kier alpha value is -1.82. The van der Waals surface area contributed by atoms with Gasteiger partial charge in [-0.05, 0) is 31.7 Å². The smallest absolute Gasteiger partial charge is 0.348 e. The topological polar surface area (TPSA) is 83.8 Å². The summed E-state index contributed by atoms with van der Waals surface area (Å²) < 4.78 is 11.5. The molecule has 0 saturated heterocycles. The average molecular weight is 403 g/mol. The van der Waals surface area contributed by atoms with Gasteiger partial charge in [0.1, 0.15) is 11.5 Å². The number of aldehydes is 1. The minimum Gasteiger partial charge on any atom is -0.507 e. The van der Waals surface area contributed by atoms with E-state index in [1.165, 1.54) is 0 Å². The van der Waals surface area contributed by atoms with Crippen LogP contribution in [0.3, 0.4) is 0 Å². The molecule has 27 heavy (non-hydrogen) atoms. The van der Waals surface area contributed by atoms with Crippen molar-refractivity contribution in [3.63, 3.8) is 0 Å². The SMILES string of the molecule is Cc1c(Cl)c(O)c(CCCCCCCCCCCC(=O)OF)c(O)c1C=O. The minimum atomic E-state index is -0.804. The van der Waals surface area contributed by atoms with Crippen molar-refractivity contribution >= 4 is 23.9 Å². The molecule has 0 heterocycles. The second-order valence-corrected chi connectivity index (χ2v) is 7.16. The van der Waals surface area contributed by atoms with Crippen LogP contribution in [0.2, 0.25) is 5.02 Å². The Morgan fingerprint density at radius 3 is 2.04 bits per heavy atom. The largest absolute Gasteiger partial charge is 0.507 e. The molecule has 1 aromatic carbocycles. The number of aromatic hydroxyl groups is 2. The first-order valence-electron chi connectivity index (χ1n) is 9.43. The van der Waals surface area contributed by atoms with Crippen molar-refractivity contribution in [1.82, 2.24) is 0 Å². The van der Waals surface area contributed by atoms with E-state index >= 15 is 0 Å². The maximum Gasteiger partial charge on any atom is 0.348 e. The van der Waals surface area contributed by atoms with Gasteiger partial charge in [-0.15, -0.1) is 0 Å². The maximum atomic E-state index is 11.5. The molecule has 2 N–H and O–H groups in total. The monoisotopic (exact) mass is 402 g/mol. The summed E-state index contributed by atoms with van der Waals surface area (Å²) in [5, 5.41) is 20.4.